The van der Waals surface area contributed by atoms with Gasteiger partial charge in [-0.1, -0.05) is 24.3 Å². The zero-order valence-corrected chi connectivity index (χ0v) is 16.5. The van der Waals surface area contributed by atoms with E-state index in [9.17, 15) is 4.79 Å². The number of benzene rings is 1. The Hall–Kier alpha value is -3.43. The Morgan fingerprint density at radius 1 is 1.28 bits per heavy atom. The van der Waals surface area contributed by atoms with E-state index in [1.54, 1.807) is 24.3 Å². The van der Waals surface area contributed by atoms with Crippen molar-refractivity contribution in [1.82, 2.24) is 14.5 Å². The summed E-state index contributed by atoms with van der Waals surface area (Å²) in [5.41, 5.74) is 2.84. The van der Waals surface area contributed by atoms with Crippen LogP contribution in [0.2, 0.25) is 0 Å². The summed E-state index contributed by atoms with van der Waals surface area (Å²) in [6.45, 7) is 2.00. The van der Waals surface area contributed by atoms with E-state index in [2.05, 4.69) is 15.6 Å². The maximum atomic E-state index is 12.8. The second kappa shape index (κ2) is 10.2. The van der Waals surface area contributed by atoms with Gasteiger partial charge in [0, 0.05) is 55.1 Å². The topological polar surface area (TPSA) is 71.2 Å². The number of carbonyl (C=O) groups excluding carboxylic acids is 1. The summed E-state index contributed by atoms with van der Waals surface area (Å²) >= 11 is 0. The fraction of sp³-hybridized carbons (Fsp3) is 0.261. The minimum Gasteiger partial charge on any atom is -0.383 e. The lowest BCUT2D eigenvalue weighted by atomic mass is 10.1. The molecule has 0 spiro atoms. The van der Waals surface area contributed by atoms with Crippen LogP contribution >= 0.6 is 0 Å². The Morgan fingerprint density at radius 3 is 2.86 bits per heavy atom. The van der Waals surface area contributed by atoms with E-state index in [-0.39, 0.29) is 5.91 Å². The van der Waals surface area contributed by atoms with E-state index >= 15 is 0 Å². The highest BCUT2D eigenvalue weighted by molar-refractivity contribution is 5.96. The number of aryl methyl sites for hydroxylation is 1. The van der Waals surface area contributed by atoms with Crippen LogP contribution in [0.25, 0.3) is 17.0 Å². The number of hydrogen-bond donors (Lipinski definition) is 0. The normalized spacial score (nSPS) is 11.0. The monoisotopic (exact) mass is 388 g/mol. The number of nitriles is 1. The molecule has 0 bridgehead atoms. The van der Waals surface area contributed by atoms with Crippen molar-refractivity contribution in [3.63, 3.8) is 0 Å². The predicted molar refractivity (Wildman–Crippen MR) is 113 cm³/mol. The van der Waals surface area contributed by atoms with Crippen molar-refractivity contribution in [2.45, 2.75) is 19.5 Å². The second-order valence-electron chi connectivity index (χ2n) is 6.61. The first-order chi connectivity index (χ1) is 14.2. The van der Waals surface area contributed by atoms with Crippen LogP contribution in [0.5, 0.6) is 0 Å². The highest BCUT2D eigenvalue weighted by Gasteiger charge is 2.13. The van der Waals surface area contributed by atoms with Gasteiger partial charge in [0.1, 0.15) is 0 Å². The average molecular weight is 388 g/mol. The van der Waals surface area contributed by atoms with Crippen molar-refractivity contribution >= 4 is 22.9 Å². The maximum absolute atomic E-state index is 12.8. The summed E-state index contributed by atoms with van der Waals surface area (Å²) in [6, 6.07) is 15.8. The van der Waals surface area contributed by atoms with E-state index in [0.717, 1.165) is 22.2 Å². The molecule has 0 saturated heterocycles. The van der Waals surface area contributed by atoms with E-state index in [0.29, 0.717) is 32.7 Å². The Kier molecular flexibility index (Phi) is 7.15. The molecule has 0 unspecified atom stereocenters. The molecule has 3 aromatic rings. The Bertz CT molecular complexity index is 1020. The zero-order chi connectivity index (χ0) is 20.5. The predicted octanol–water partition coefficient (Wildman–Crippen LogP) is 3.64. The Balaban J connectivity index is 1.81. The molecule has 29 heavy (non-hydrogen) atoms. The third kappa shape index (κ3) is 5.31. The van der Waals surface area contributed by atoms with Crippen LogP contribution in [0.1, 0.15) is 17.7 Å². The van der Waals surface area contributed by atoms with Gasteiger partial charge in [-0.25, -0.2) is 0 Å². The summed E-state index contributed by atoms with van der Waals surface area (Å²) in [5, 5.41) is 9.95. The van der Waals surface area contributed by atoms with Gasteiger partial charge in [-0.15, -0.1) is 0 Å². The van der Waals surface area contributed by atoms with E-state index < -0.39 is 0 Å². The SMILES string of the molecule is COCCN(Cc1ccccn1)C(=O)/C=C/c1cn(CCC#N)c2ccccc12. The van der Waals surface area contributed by atoms with Gasteiger partial charge in [0.25, 0.3) is 0 Å². The van der Waals surface area contributed by atoms with Gasteiger partial charge in [0.15, 0.2) is 0 Å². The van der Waals surface area contributed by atoms with Gasteiger partial charge < -0.3 is 14.2 Å². The molecule has 0 atom stereocenters. The fourth-order valence-electron chi connectivity index (χ4n) is 3.19. The zero-order valence-electron chi connectivity index (χ0n) is 16.5. The number of nitrogens with zero attached hydrogens (tertiary/aromatic N) is 4. The molecule has 6 heteroatoms. The molecule has 0 aliphatic heterocycles. The van der Waals surface area contributed by atoms with E-state index in [4.69, 9.17) is 10.00 Å². The van der Waals surface area contributed by atoms with Crippen molar-refractivity contribution in [3.8, 4) is 6.07 Å². The van der Waals surface area contributed by atoms with Crippen molar-refractivity contribution < 1.29 is 9.53 Å². The number of para-hydroxylation sites is 1. The number of rotatable bonds is 9. The lowest BCUT2D eigenvalue weighted by Crippen LogP contribution is -2.32. The molecule has 0 radical (unpaired) electrons. The van der Waals surface area contributed by atoms with Crippen molar-refractivity contribution in [3.05, 3.63) is 72.2 Å². The molecule has 0 saturated carbocycles. The van der Waals surface area contributed by atoms with E-state index in [1.165, 1.54) is 0 Å². The number of carbonyl (C=O) groups is 1. The lowest BCUT2D eigenvalue weighted by molar-refractivity contribution is -0.127. The first kappa shape index (κ1) is 20.3. The van der Waals surface area contributed by atoms with Crippen LogP contribution in [0.15, 0.2) is 60.9 Å². The van der Waals surface area contributed by atoms with E-state index in [1.807, 2.05) is 54.7 Å². The third-order valence-electron chi connectivity index (χ3n) is 4.65. The summed E-state index contributed by atoms with van der Waals surface area (Å²) in [4.78, 5) is 18.9. The van der Waals surface area contributed by atoms with Crippen LogP contribution in [0, 0.1) is 11.3 Å². The summed E-state index contributed by atoms with van der Waals surface area (Å²) < 4.78 is 7.21. The molecule has 6 nitrogen and oxygen atoms in total. The Morgan fingerprint density at radius 2 is 2.10 bits per heavy atom. The number of fused-ring (bicyclic) bond motifs is 1. The van der Waals surface area contributed by atoms with Gasteiger partial charge in [-0.05, 0) is 24.3 Å². The van der Waals surface area contributed by atoms with Crippen molar-refractivity contribution in [2.24, 2.45) is 0 Å². The molecule has 3 rings (SSSR count). The third-order valence-corrected chi connectivity index (χ3v) is 4.65. The molecule has 2 heterocycles. The number of pyridine rings is 1. The van der Waals surface area contributed by atoms with Crippen LogP contribution < -0.4 is 0 Å². The first-order valence-electron chi connectivity index (χ1n) is 9.53. The number of aromatic nitrogens is 2. The molecule has 0 N–H and O–H groups in total. The molecule has 0 fully saturated rings. The number of hydrogen-bond acceptors (Lipinski definition) is 4. The molecule has 148 valence electrons. The largest absolute Gasteiger partial charge is 0.383 e. The number of methoxy groups -OCH3 is 1. The average Bonchev–Trinajstić information content (AvgIpc) is 3.12. The highest BCUT2D eigenvalue weighted by Crippen LogP contribution is 2.23. The lowest BCUT2D eigenvalue weighted by Gasteiger charge is -2.20. The number of ether oxygens (including phenoxy) is 1. The van der Waals surface area contributed by atoms with Gasteiger partial charge >= 0.3 is 0 Å². The molecule has 2 aromatic heterocycles. The minimum absolute atomic E-state index is 0.0958. The minimum atomic E-state index is -0.0958. The molecule has 1 amide bonds. The highest BCUT2D eigenvalue weighted by atomic mass is 16.5. The summed E-state index contributed by atoms with van der Waals surface area (Å²) in [5.74, 6) is -0.0958. The van der Waals surface area contributed by atoms with Gasteiger partial charge in [-0.2, -0.15) is 5.26 Å². The molecule has 0 aliphatic rings. The quantitative estimate of drug-likeness (QED) is 0.525. The van der Waals surface area contributed by atoms with Crippen LogP contribution in [-0.2, 0) is 22.6 Å². The van der Waals surface area contributed by atoms with Gasteiger partial charge in [-0.3, -0.25) is 9.78 Å². The molecule has 1 aromatic carbocycles. The maximum Gasteiger partial charge on any atom is 0.247 e. The first-order valence-corrected chi connectivity index (χ1v) is 9.53. The number of amides is 1. The van der Waals surface area contributed by atoms with Gasteiger partial charge in [0.2, 0.25) is 5.91 Å². The summed E-state index contributed by atoms with van der Waals surface area (Å²) in [6.07, 6.45) is 7.58. The van der Waals surface area contributed by atoms with Crippen LogP contribution in [0.3, 0.4) is 0 Å². The smallest absolute Gasteiger partial charge is 0.247 e. The van der Waals surface area contributed by atoms with Crippen molar-refractivity contribution in [2.75, 3.05) is 20.3 Å². The van der Waals surface area contributed by atoms with Crippen molar-refractivity contribution in [1.29, 1.82) is 5.26 Å². The molecular formula is C23H24N4O2. The van der Waals surface area contributed by atoms with Crippen LogP contribution in [0.4, 0.5) is 0 Å². The molecule has 0 aliphatic carbocycles. The fourth-order valence-corrected chi connectivity index (χ4v) is 3.19. The van der Waals surface area contributed by atoms with Gasteiger partial charge in [0.05, 0.1) is 31.3 Å². The Labute approximate surface area is 170 Å². The van der Waals surface area contributed by atoms with Crippen LogP contribution in [-0.4, -0.2) is 40.6 Å². The summed E-state index contributed by atoms with van der Waals surface area (Å²) in [7, 11) is 1.62. The second-order valence-corrected chi connectivity index (χ2v) is 6.61. The molecular weight excluding hydrogens is 364 g/mol. The standard InChI is InChI=1S/C23H24N4O2/c1-29-16-15-27(18-20-7-4-5-13-25-20)23(28)11-10-19-17-26(14-6-12-24)22-9-3-2-8-21(19)22/h2-5,7-11,13,17H,6,14-16,18H2,1H3/b11-10+.